The molecule has 0 spiro atoms. The van der Waals surface area contributed by atoms with Crippen LogP contribution in [0.2, 0.25) is 0 Å². The van der Waals surface area contributed by atoms with Crippen LogP contribution in [0.1, 0.15) is 18.4 Å². The molecule has 19 heavy (non-hydrogen) atoms. The number of hydrogen-bond acceptors (Lipinski definition) is 2. The SMILES string of the molecule is CN(C)CC(=O)NC1(c2ccc(F)c(F)c2F)CC1. The first kappa shape index (κ1) is 13.9. The van der Waals surface area contributed by atoms with Crippen molar-refractivity contribution in [1.29, 1.82) is 0 Å². The molecule has 3 nitrogen and oxygen atoms in total. The van der Waals surface area contributed by atoms with Crippen LogP contribution in [0, 0.1) is 17.5 Å². The third kappa shape index (κ3) is 2.73. The van der Waals surface area contributed by atoms with Gasteiger partial charge in [-0.2, -0.15) is 0 Å². The number of amides is 1. The smallest absolute Gasteiger partial charge is 0.234 e. The highest BCUT2D eigenvalue weighted by Gasteiger charge is 2.48. The van der Waals surface area contributed by atoms with E-state index in [1.54, 1.807) is 19.0 Å². The minimum Gasteiger partial charge on any atom is -0.345 e. The third-order valence-electron chi connectivity index (χ3n) is 3.14. The number of benzene rings is 1. The van der Waals surface area contributed by atoms with Gasteiger partial charge in [0.25, 0.3) is 0 Å². The molecule has 0 radical (unpaired) electrons. The summed E-state index contributed by atoms with van der Waals surface area (Å²) in [6.07, 6.45) is 1.04. The van der Waals surface area contributed by atoms with E-state index in [9.17, 15) is 18.0 Å². The summed E-state index contributed by atoms with van der Waals surface area (Å²) < 4.78 is 39.9. The first-order chi connectivity index (χ1) is 8.85. The molecule has 1 N–H and O–H groups in total. The zero-order chi connectivity index (χ0) is 14.2. The van der Waals surface area contributed by atoms with Gasteiger partial charge in [0.2, 0.25) is 5.91 Å². The third-order valence-corrected chi connectivity index (χ3v) is 3.14. The van der Waals surface area contributed by atoms with Crippen LogP contribution >= 0.6 is 0 Å². The molecule has 1 aromatic carbocycles. The van der Waals surface area contributed by atoms with E-state index in [1.165, 1.54) is 6.07 Å². The Bertz CT molecular complexity index is 513. The molecule has 6 heteroatoms. The van der Waals surface area contributed by atoms with E-state index in [1.807, 2.05) is 0 Å². The lowest BCUT2D eigenvalue weighted by atomic mass is 10.0. The number of likely N-dealkylation sites (N-methyl/N-ethyl adjacent to an activating group) is 1. The maximum absolute atomic E-state index is 13.7. The number of hydrogen-bond donors (Lipinski definition) is 1. The van der Waals surface area contributed by atoms with Gasteiger partial charge in [-0.05, 0) is 33.0 Å². The lowest BCUT2D eigenvalue weighted by Crippen LogP contribution is -2.40. The molecule has 0 aromatic heterocycles. The molecule has 1 amide bonds. The summed E-state index contributed by atoms with van der Waals surface area (Å²) in [5.74, 6) is -4.21. The van der Waals surface area contributed by atoms with Gasteiger partial charge in [-0.3, -0.25) is 4.79 Å². The van der Waals surface area contributed by atoms with E-state index in [2.05, 4.69) is 5.32 Å². The highest BCUT2D eigenvalue weighted by Crippen LogP contribution is 2.46. The standard InChI is InChI=1S/C13H15F3N2O/c1-18(2)7-10(19)17-13(5-6-13)8-3-4-9(14)12(16)11(8)15/h3-4H,5-7H2,1-2H3,(H,17,19). The van der Waals surface area contributed by atoms with Gasteiger partial charge in [0.1, 0.15) is 0 Å². The van der Waals surface area contributed by atoms with Crippen LogP contribution in [0.4, 0.5) is 13.2 Å². The average molecular weight is 272 g/mol. The fourth-order valence-electron chi connectivity index (χ4n) is 2.08. The summed E-state index contributed by atoms with van der Waals surface area (Å²) in [5.41, 5.74) is -0.871. The Balaban J connectivity index is 2.22. The monoisotopic (exact) mass is 272 g/mol. The maximum Gasteiger partial charge on any atom is 0.234 e. The minimum absolute atomic E-state index is 0.0125. The second kappa shape index (κ2) is 4.85. The summed E-state index contributed by atoms with van der Waals surface area (Å²) >= 11 is 0. The van der Waals surface area contributed by atoms with Gasteiger partial charge in [0.15, 0.2) is 17.5 Å². The Kier molecular flexibility index (Phi) is 3.54. The normalized spacial score (nSPS) is 16.5. The van der Waals surface area contributed by atoms with Crippen molar-refractivity contribution in [2.24, 2.45) is 0 Å². The molecule has 0 heterocycles. The average Bonchev–Trinajstić information content (AvgIpc) is 3.05. The van der Waals surface area contributed by atoms with Crippen molar-refractivity contribution in [3.63, 3.8) is 0 Å². The number of carbonyl (C=O) groups excluding carboxylic acids is 1. The van der Waals surface area contributed by atoms with E-state index >= 15 is 0 Å². The van der Waals surface area contributed by atoms with Gasteiger partial charge >= 0.3 is 0 Å². The Morgan fingerprint density at radius 1 is 1.26 bits per heavy atom. The summed E-state index contributed by atoms with van der Waals surface area (Å²) in [6, 6.07) is 2.07. The molecule has 104 valence electrons. The molecular weight excluding hydrogens is 257 g/mol. The van der Waals surface area contributed by atoms with Crippen molar-refractivity contribution in [2.75, 3.05) is 20.6 Å². The Hall–Kier alpha value is -1.56. The minimum atomic E-state index is -1.49. The van der Waals surface area contributed by atoms with E-state index in [4.69, 9.17) is 0 Å². The van der Waals surface area contributed by atoms with Gasteiger partial charge in [-0.15, -0.1) is 0 Å². The molecule has 0 unspecified atom stereocenters. The highest BCUT2D eigenvalue weighted by molar-refractivity contribution is 5.79. The topological polar surface area (TPSA) is 32.3 Å². The van der Waals surface area contributed by atoms with Crippen molar-refractivity contribution in [1.82, 2.24) is 10.2 Å². The number of carbonyl (C=O) groups is 1. The molecule has 1 fully saturated rings. The quantitative estimate of drug-likeness (QED) is 0.847. The first-order valence-electron chi connectivity index (χ1n) is 5.95. The second-order valence-corrected chi connectivity index (χ2v) is 5.09. The molecule has 1 aromatic rings. The maximum atomic E-state index is 13.7. The van der Waals surface area contributed by atoms with Gasteiger partial charge in [-0.25, -0.2) is 13.2 Å². The summed E-state index contributed by atoms with van der Waals surface area (Å²) in [4.78, 5) is 13.4. The van der Waals surface area contributed by atoms with Crippen molar-refractivity contribution in [2.45, 2.75) is 18.4 Å². The fourth-order valence-corrected chi connectivity index (χ4v) is 2.08. The van der Waals surface area contributed by atoms with Crippen molar-refractivity contribution in [3.05, 3.63) is 35.1 Å². The van der Waals surface area contributed by atoms with E-state index in [0.29, 0.717) is 12.8 Å². The fraction of sp³-hybridized carbons (Fsp3) is 0.462. The summed E-state index contributed by atoms with van der Waals surface area (Å²) in [5, 5.41) is 2.69. The zero-order valence-electron chi connectivity index (χ0n) is 10.8. The summed E-state index contributed by atoms with van der Waals surface area (Å²) in [7, 11) is 3.47. The molecule has 1 aliphatic rings. The molecule has 0 aliphatic heterocycles. The van der Waals surface area contributed by atoms with Gasteiger partial charge in [0, 0.05) is 5.56 Å². The largest absolute Gasteiger partial charge is 0.345 e. The first-order valence-corrected chi connectivity index (χ1v) is 5.95. The van der Waals surface area contributed by atoms with Crippen LogP contribution in [-0.2, 0) is 10.3 Å². The lowest BCUT2D eigenvalue weighted by molar-refractivity contribution is -0.122. The number of rotatable bonds is 4. The predicted octanol–water partition coefficient (Wildman–Crippen LogP) is 1.77. The Labute approximate surface area is 109 Å². The second-order valence-electron chi connectivity index (χ2n) is 5.09. The van der Waals surface area contributed by atoms with Crippen LogP contribution in [0.25, 0.3) is 0 Å². The van der Waals surface area contributed by atoms with Crippen LogP contribution in [0.3, 0.4) is 0 Å². The lowest BCUT2D eigenvalue weighted by Gasteiger charge is -2.20. The molecule has 1 aliphatic carbocycles. The molecule has 0 saturated heterocycles. The van der Waals surface area contributed by atoms with Gasteiger partial charge in [-0.1, -0.05) is 6.07 Å². The molecule has 0 atom stereocenters. The van der Waals surface area contributed by atoms with Crippen LogP contribution in [0.5, 0.6) is 0 Å². The molecular formula is C13H15F3N2O. The van der Waals surface area contributed by atoms with Gasteiger partial charge < -0.3 is 10.2 Å². The van der Waals surface area contributed by atoms with Crippen molar-refractivity contribution >= 4 is 5.91 Å². The molecule has 0 bridgehead atoms. The van der Waals surface area contributed by atoms with E-state index in [-0.39, 0.29) is 18.0 Å². The number of nitrogens with one attached hydrogen (secondary N) is 1. The zero-order valence-corrected chi connectivity index (χ0v) is 10.8. The van der Waals surface area contributed by atoms with E-state index in [0.717, 1.165) is 6.07 Å². The van der Waals surface area contributed by atoms with Crippen LogP contribution < -0.4 is 5.32 Å². The number of nitrogens with zero attached hydrogens (tertiary/aromatic N) is 1. The van der Waals surface area contributed by atoms with Crippen LogP contribution in [-0.4, -0.2) is 31.4 Å². The molecule has 1 saturated carbocycles. The van der Waals surface area contributed by atoms with E-state index < -0.39 is 23.0 Å². The number of halogens is 3. The van der Waals surface area contributed by atoms with Gasteiger partial charge in [0.05, 0.1) is 12.1 Å². The highest BCUT2D eigenvalue weighted by atomic mass is 19.2. The van der Waals surface area contributed by atoms with Crippen LogP contribution in [0.15, 0.2) is 12.1 Å². The Morgan fingerprint density at radius 3 is 2.42 bits per heavy atom. The van der Waals surface area contributed by atoms with Crippen molar-refractivity contribution < 1.29 is 18.0 Å². The Morgan fingerprint density at radius 2 is 1.89 bits per heavy atom. The van der Waals surface area contributed by atoms with Crippen molar-refractivity contribution in [3.8, 4) is 0 Å². The predicted molar refractivity (Wildman–Crippen MR) is 63.9 cm³/mol. The molecule has 2 rings (SSSR count). The summed E-state index contributed by atoms with van der Waals surface area (Å²) in [6.45, 7) is 0.160.